The molecule has 0 aromatic heterocycles. The fourth-order valence-corrected chi connectivity index (χ4v) is 3.56. The Morgan fingerprint density at radius 1 is 0.857 bits per heavy atom. The van der Waals surface area contributed by atoms with Gasteiger partial charge in [-0.05, 0) is 13.8 Å². The van der Waals surface area contributed by atoms with Crippen LogP contribution in [0.1, 0.15) is 34.8 Å². The molecule has 0 amide bonds. The topological polar surface area (TPSA) is 77.4 Å². The SMILES string of the molecule is Cc1ccc([C@@H]2OC[C@@H]3O[C@H](c4ccc(C)cc4)O[C@H]([C@H](O)CO)[C@@H]3O2)cc1. The number of fused-ring (bicyclic) bond motifs is 1. The summed E-state index contributed by atoms with van der Waals surface area (Å²) >= 11 is 0. The maximum Gasteiger partial charge on any atom is 0.184 e. The van der Waals surface area contributed by atoms with Crippen molar-refractivity contribution < 1.29 is 29.2 Å². The van der Waals surface area contributed by atoms with E-state index in [1.54, 1.807) is 0 Å². The first-order valence-electron chi connectivity index (χ1n) is 9.55. The second-order valence-corrected chi connectivity index (χ2v) is 7.44. The highest BCUT2D eigenvalue weighted by Gasteiger charge is 2.48. The van der Waals surface area contributed by atoms with E-state index in [4.69, 9.17) is 18.9 Å². The third kappa shape index (κ3) is 3.98. The van der Waals surface area contributed by atoms with Crippen LogP contribution in [0, 0.1) is 13.8 Å². The molecule has 0 unspecified atom stereocenters. The second-order valence-electron chi connectivity index (χ2n) is 7.44. The van der Waals surface area contributed by atoms with Gasteiger partial charge in [0.05, 0.1) is 13.2 Å². The smallest absolute Gasteiger partial charge is 0.184 e. The molecular weight excluding hydrogens is 360 g/mol. The highest BCUT2D eigenvalue weighted by atomic mass is 16.8. The predicted molar refractivity (Wildman–Crippen MR) is 102 cm³/mol. The Morgan fingerprint density at radius 3 is 2.00 bits per heavy atom. The molecule has 28 heavy (non-hydrogen) atoms. The maximum absolute atomic E-state index is 10.4. The summed E-state index contributed by atoms with van der Waals surface area (Å²) in [5.74, 6) is 0. The van der Waals surface area contributed by atoms with Crippen LogP contribution >= 0.6 is 0 Å². The van der Waals surface area contributed by atoms with E-state index in [0.29, 0.717) is 6.61 Å². The van der Waals surface area contributed by atoms with Crippen molar-refractivity contribution >= 4 is 0 Å². The van der Waals surface area contributed by atoms with Gasteiger partial charge in [0.25, 0.3) is 0 Å². The number of hydrogen-bond donors (Lipinski definition) is 2. The van der Waals surface area contributed by atoms with E-state index >= 15 is 0 Å². The highest BCUT2D eigenvalue weighted by Crippen LogP contribution is 2.38. The summed E-state index contributed by atoms with van der Waals surface area (Å²) in [5, 5.41) is 19.9. The monoisotopic (exact) mass is 386 g/mol. The molecule has 2 heterocycles. The molecule has 0 bridgehead atoms. The summed E-state index contributed by atoms with van der Waals surface area (Å²) < 4.78 is 24.1. The minimum Gasteiger partial charge on any atom is -0.394 e. The molecule has 2 aromatic carbocycles. The van der Waals surface area contributed by atoms with Gasteiger partial charge in [0.1, 0.15) is 24.4 Å². The summed E-state index contributed by atoms with van der Waals surface area (Å²) in [5.41, 5.74) is 4.02. The Labute approximate surface area is 164 Å². The van der Waals surface area contributed by atoms with Crippen LogP contribution in [-0.4, -0.2) is 47.8 Å². The Morgan fingerprint density at radius 2 is 1.43 bits per heavy atom. The van der Waals surface area contributed by atoms with Crippen molar-refractivity contribution in [3.8, 4) is 0 Å². The van der Waals surface area contributed by atoms with Gasteiger partial charge in [-0.2, -0.15) is 0 Å². The molecule has 150 valence electrons. The van der Waals surface area contributed by atoms with Gasteiger partial charge in [0.2, 0.25) is 0 Å². The lowest BCUT2D eigenvalue weighted by atomic mass is 9.99. The Balaban J connectivity index is 1.55. The fourth-order valence-electron chi connectivity index (χ4n) is 3.56. The molecule has 2 aromatic rings. The highest BCUT2D eigenvalue weighted by molar-refractivity contribution is 5.24. The molecule has 0 saturated carbocycles. The number of ether oxygens (including phenoxy) is 4. The summed E-state index contributed by atoms with van der Waals surface area (Å²) in [6.07, 6.45) is -4.00. The normalized spacial score (nSPS) is 31.2. The number of benzene rings is 2. The molecule has 2 aliphatic rings. The quantitative estimate of drug-likeness (QED) is 0.841. The van der Waals surface area contributed by atoms with Crippen LogP contribution in [0.2, 0.25) is 0 Å². The van der Waals surface area contributed by atoms with Crippen LogP contribution in [0.3, 0.4) is 0 Å². The minimum absolute atomic E-state index is 0.309. The Kier molecular flexibility index (Phi) is 5.78. The molecule has 0 aliphatic carbocycles. The zero-order valence-electron chi connectivity index (χ0n) is 16.0. The average molecular weight is 386 g/mol. The van der Waals surface area contributed by atoms with Crippen molar-refractivity contribution in [2.75, 3.05) is 13.2 Å². The maximum atomic E-state index is 10.4. The molecule has 6 nitrogen and oxygen atoms in total. The van der Waals surface area contributed by atoms with Crippen LogP contribution in [0.15, 0.2) is 48.5 Å². The van der Waals surface area contributed by atoms with Crippen LogP contribution < -0.4 is 0 Å². The number of aryl methyl sites for hydroxylation is 2. The molecule has 0 radical (unpaired) electrons. The standard InChI is InChI=1S/C22H26O6/c1-13-3-7-15(8-4-13)21-25-12-18-20(28-21)19(17(24)11-23)27-22(26-18)16-9-5-14(2)6-10-16/h3-10,17-24H,11-12H2,1-2H3/t17-,18+,19-,20-,21-,22+/m1/s1. The molecule has 0 spiro atoms. The third-order valence-electron chi connectivity index (χ3n) is 5.23. The number of aliphatic hydroxyl groups is 2. The molecule has 2 saturated heterocycles. The van der Waals surface area contributed by atoms with Crippen molar-refractivity contribution in [3.05, 3.63) is 70.8 Å². The van der Waals surface area contributed by atoms with E-state index in [-0.39, 0.29) is 0 Å². The number of hydrogen-bond acceptors (Lipinski definition) is 6. The summed E-state index contributed by atoms with van der Waals surface area (Å²) in [4.78, 5) is 0. The van der Waals surface area contributed by atoms with Crippen molar-refractivity contribution in [2.24, 2.45) is 0 Å². The summed E-state index contributed by atoms with van der Waals surface area (Å²) in [6, 6.07) is 15.7. The van der Waals surface area contributed by atoms with E-state index in [2.05, 4.69) is 0 Å². The first kappa shape index (κ1) is 19.5. The zero-order valence-corrected chi connectivity index (χ0v) is 16.0. The Hall–Kier alpha value is -1.80. The molecule has 2 fully saturated rings. The van der Waals surface area contributed by atoms with Gasteiger partial charge in [-0.25, -0.2) is 0 Å². The lowest BCUT2D eigenvalue weighted by Gasteiger charge is -2.47. The predicted octanol–water partition coefficient (Wildman–Crippen LogP) is 2.55. The number of aliphatic hydroxyl groups excluding tert-OH is 2. The van der Waals surface area contributed by atoms with Crippen molar-refractivity contribution in [2.45, 2.75) is 50.8 Å². The minimum atomic E-state index is -1.08. The van der Waals surface area contributed by atoms with Crippen LogP contribution in [-0.2, 0) is 18.9 Å². The van der Waals surface area contributed by atoms with Gasteiger partial charge < -0.3 is 29.2 Å². The fraction of sp³-hybridized carbons (Fsp3) is 0.455. The zero-order chi connectivity index (χ0) is 19.7. The molecule has 2 N–H and O–H groups in total. The molecule has 2 aliphatic heterocycles. The van der Waals surface area contributed by atoms with Crippen molar-refractivity contribution in [1.82, 2.24) is 0 Å². The largest absolute Gasteiger partial charge is 0.394 e. The lowest BCUT2D eigenvalue weighted by Crippen LogP contribution is -2.58. The van der Waals surface area contributed by atoms with E-state index in [1.807, 2.05) is 62.4 Å². The van der Waals surface area contributed by atoms with Gasteiger partial charge in [-0.1, -0.05) is 59.7 Å². The van der Waals surface area contributed by atoms with Crippen LogP contribution in [0.4, 0.5) is 0 Å². The van der Waals surface area contributed by atoms with E-state index in [1.165, 1.54) is 0 Å². The average Bonchev–Trinajstić information content (AvgIpc) is 2.73. The first-order chi connectivity index (χ1) is 13.5. The molecule has 6 atom stereocenters. The van der Waals surface area contributed by atoms with E-state index < -0.39 is 43.6 Å². The first-order valence-corrected chi connectivity index (χ1v) is 9.55. The van der Waals surface area contributed by atoms with Gasteiger partial charge >= 0.3 is 0 Å². The van der Waals surface area contributed by atoms with Gasteiger partial charge in [-0.15, -0.1) is 0 Å². The van der Waals surface area contributed by atoms with Gasteiger partial charge in [0, 0.05) is 11.1 Å². The van der Waals surface area contributed by atoms with E-state index in [9.17, 15) is 10.2 Å². The van der Waals surface area contributed by atoms with Gasteiger partial charge in [-0.3, -0.25) is 0 Å². The molecular formula is C22H26O6. The molecule has 6 heteroatoms. The molecule has 4 rings (SSSR count). The van der Waals surface area contributed by atoms with E-state index in [0.717, 1.165) is 22.3 Å². The van der Waals surface area contributed by atoms with Gasteiger partial charge in [0.15, 0.2) is 12.6 Å². The summed E-state index contributed by atoms with van der Waals surface area (Å²) in [6.45, 7) is 3.91. The summed E-state index contributed by atoms with van der Waals surface area (Å²) in [7, 11) is 0. The number of rotatable bonds is 4. The van der Waals surface area contributed by atoms with Crippen LogP contribution in [0.5, 0.6) is 0 Å². The second kappa shape index (κ2) is 8.29. The lowest BCUT2D eigenvalue weighted by molar-refractivity contribution is -0.373. The van der Waals surface area contributed by atoms with Crippen molar-refractivity contribution in [3.63, 3.8) is 0 Å². The Bertz CT molecular complexity index is 773. The van der Waals surface area contributed by atoms with Crippen LogP contribution in [0.25, 0.3) is 0 Å². The van der Waals surface area contributed by atoms with Crippen molar-refractivity contribution in [1.29, 1.82) is 0 Å². The third-order valence-corrected chi connectivity index (χ3v) is 5.23.